The molecule has 98 valence electrons. The summed E-state index contributed by atoms with van der Waals surface area (Å²) in [6.07, 6.45) is 2.13. The third-order valence-corrected chi connectivity index (χ3v) is 4.23. The van der Waals surface area contributed by atoms with E-state index < -0.39 is 0 Å². The maximum Gasteiger partial charge on any atom is 0.0114 e. The second-order valence-corrected chi connectivity index (χ2v) is 5.50. The molecular weight excluding hydrogens is 230 g/mol. The molecule has 1 nitrogen and oxygen atoms in total. The van der Waals surface area contributed by atoms with Gasteiger partial charge in [0.2, 0.25) is 0 Å². The number of hydrogen-bond acceptors (Lipinski definition) is 1. The summed E-state index contributed by atoms with van der Waals surface area (Å²) in [7, 11) is 0. The minimum atomic E-state index is 0.487. The summed E-state index contributed by atoms with van der Waals surface area (Å²) in [6, 6.07) is 13.7. The van der Waals surface area contributed by atoms with Crippen LogP contribution in [0.15, 0.2) is 36.4 Å². The summed E-state index contributed by atoms with van der Waals surface area (Å²) in [5, 5.41) is 0. The van der Waals surface area contributed by atoms with E-state index in [-0.39, 0.29) is 0 Å². The summed E-state index contributed by atoms with van der Waals surface area (Å²) in [6.45, 7) is 5.12. The van der Waals surface area contributed by atoms with Crippen molar-refractivity contribution in [1.29, 1.82) is 0 Å². The molecule has 1 aliphatic rings. The maximum absolute atomic E-state index is 5.83. The summed E-state index contributed by atoms with van der Waals surface area (Å²) in [5.41, 5.74) is 14.3. The van der Waals surface area contributed by atoms with Gasteiger partial charge in [-0.25, -0.2) is 0 Å². The number of fused-ring (bicyclic) bond motifs is 3. The fraction of sp³-hybridized carbons (Fsp3) is 0.333. The van der Waals surface area contributed by atoms with E-state index in [1.54, 1.807) is 0 Å². The van der Waals surface area contributed by atoms with Gasteiger partial charge >= 0.3 is 0 Å². The van der Waals surface area contributed by atoms with Crippen LogP contribution in [-0.2, 0) is 6.42 Å². The van der Waals surface area contributed by atoms with Crippen molar-refractivity contribution < 1.29 is 0 Å². The highest BCUT2D eigenvalue weighted by Crippen LogP contribution is 2.46. The molecule has 19 heavy (non-hydrogen) atoms. The van der Waals surface area contributed by atoms with Crippen LogP contribution in [0.5, 0.6) is 0 Å². The fourth-order valence-corrected chi connectivity index (χ4v) is 3.23. The van der Waals surface area contributed by atoms with E-state index in [1.807, 2.05) is 0 Å². The molecule has 0 aliphatic heterocycles. The lowest BCUT2D eigenvalue weighted by Gasteiger charge is -2.13. The average Bonchev–Trinajstić information content (AvgIpc) is 2.72. The van der Waals surface area contributed by atoms with Crippen molar-refractivity contribution in [2.24, 2.45) is 5.73 Å². The van der Waals surface area contributed by atoms with Crippen molar-refractivity contribution in [3.05, 3.63) is 58.7 Å². The van der Waals surface area contributed by atoms with Gasteiger partial charge in [-0.2, -0.15) is 0 Å². The van der Waals surface area contributed by atoms with Crippen molar-refractivity contribution in [2.45, 2.75) is 32.6 Å². The zero-order chi connectivity index (χ0) is 13.4. The number of benzene rings is 2. The first-order valence-electron chi connectivity index (χ1n) is 7.18. The molecule has 1 heteroatoms. The summed E-state index contributed by atoms with van der Waals surface area (Å²) in [5.74, 6) is 0.487. The lowest BCUT2D eigenvalue weighted by atomic mass is 9.92. The molecule has 0 heterocycles. The van der Waals surface area contributed by atoms with Gasteiger partial charge in [0, 0.05) is 5.92 Å². The van der Waals surface area contributed by atoms with Crippen molar-refractivity contribution in [2.75, 3.05) is 6.54 Å². The normalized spacial score (nSPS) is 16.3. The van der Waals surface area contributed by atoms with Crippen molar-refractivity contribution in [3.8, 4) is 11.1 Å². The Hall–Kier alpha value is -1.60. The van der Waals surface area contributed by atoms with Crippen LogP contribution < -0.4 is 5.73 Å². The molecule has 0 bridgehead atoms. The molecule has 1 unspecified atom stereocenters. The standard InChI is InChI=1S/C18H21N/c1-3-13-5-7-15-14-6-4-12(2)10-17(14)16(8-9-19)18(15)11-13/h4-7,10-11,16H,3,8-9,19H2,1-2H3. The SMILES string of the molecule is CCc1ccc2c(c1)C(CCN)c1cc(C)ccc1-2. The van der Waals surface area contributed by atoms with Crippen molar-refractivity contribution in [1.82, 2.24) is 0 Å². The first kappa shape index (κ1) is 12.4. The van der Waals surface area contributed by atoms with Gasteiger partial charge in [0.05, 0.1) is 0 Å². The highest BCUT2D eigenvalue weighted by atomic mass is 14.5. The molecule has 0 spiro atoms. The molecule has 2 N–H and O–H groups in total. The van der Waals surface area contributed by atoms with Gasteiger partial charge in [0.1, 0.15) is 0 Å². The van der Waals surface area contributed by atoms with E-state index in [1.165, 1.54) is 33.4 Å². The van der Waals surface area contributed by atoms with Crippen molar-refractivity contribution in [3.63, 3.8) is 0 Å². The first-order chi connectivity index (χ1) is 9.24. The third-order valence-electron chi connectivity index (χ3n) is 4.23. The van der Waals surface area contributed by atoms with E-state index in [9.17, 15) is 0 Å². The van der Waals surface area contributed by atoms with E-state index >= 15 is 0 Å². The molecule has 0 saturated heterocycles. The Balaban J connectivity index is 2.19. The molecular formula is C18H21N. The average molecular weight is 251 g/mol. The molecule has 2 aromatic rings. The van der Waals surface area contributed by atoms with Crippen LogP contribution in [0.4, 0.5) is 0 Å². The Kier molecular flexibility index (Phi) is 3.16. The molecule has 2 aromatic carbocycles. The zero-order valence-electron chi connectivity index (χ0n) is 11.7. The molecule has 0 saturated carbocycles. The molecule has 0 fully saturated rings. The zero-order valence-corrected chi connectivity index (χ0v) is 11.7. The number of aryl methyl sites for hydroxylation is 2. The Morgan fingerprint density at radius 1 is 1.00 bits per heavy atom. The Labute approximate surface area is 115 Å². The lowest BCUT2D eigenvalue weighted by molar-refractivity contribution is 0.739. The number of rotatable bonds is 3. The topological polar surface area (TPSA) is 26.0 Å². The smallest absolute Gasteiger partial charge is 0.0114 e. The Morgan fingerprint density at radius 2 is 1.68 bits per heavy atom. The van der Waals surface area contributed by atoms with E-state index in [0.717, 1.165) is 19.4 Å². The molecule has 0 radical (unpaired) electrons. The van der Waals surface area contributed by atoms with Crippen LogP contribution >= 0.6 is 0 Å². The van der Waals surface area contributed by atoms with Crippen LogP contribution in [0.25, 0.3) is 11.1 Å². The van der Waals surface area contributed by atoms with E-state index in [4.69, 9.17) is 5.73 Å². The van der Waals surface area contributed by atoms with Gasteiger partial charge in [0.15, 0.2) is 0 Å². The Morgan fingerprint density at radius 3 is 2.37 bits per heavy atom. The van der Waals surface area contributed by atoms with Gasteiger partial charge in [0.25, 0.3) is 0 Å². The minimum absolute atomic E-state index is 0.487. The van der Waals surface area contributed by atoms with Gasteiger partial charge in [-0.05, 0) is 54.1 Å². The fourth-order valence-electron chi connectivity index (χ4n) is 3.23. The molecule has 1 aliphatic carbocycles. The summed E-state index contributed by atoms with van der Waals surface area (Å²) < 4.78 is 0. The predicted octanol–water partition coefficient (Wildman–Crippen LogP) is 4.02. The first-order valence-corrected chi connectivity index (χ1v) is 7.18. The largest absolute Gasteiger partial charge is 0.330 e. The van der Waals surface area contributed by atoms with Gasteiger partial charge in [-0.1, -0.05) is 48.9 Å². The number of hydrogen-bond donors (Lipinski definition) is 1. The lowest BCUT2D eigenvalue weighted by Crippen LogP contribution is -2.06. The van der Waals surface area contributed by atoms with Gasteiger partial charge < -0.3 is 5.73 Å². The third kappa shape index (κ3) is 1.98. The van der Waals surface area contributed by atoms with Crippen LogP contribution in [0.2, 0.25) is 0 Å². The number of nitrogens with two attached hydrogens (primary N) is 1. The van der Waals surface area contributed by atoms with Crippen LogP contribution in [0, 0.1) is 6.92 Å². The summed E-state index contributed by atoms with van der Waals surface area (Å²) >= 11 is 0. The second-order valence-electron chi connectivity index (χ2n) is 5.50. The molecule has 0 aromatic heterocycles. The van der Waals surface area contributed by atoms with Crippen molar-refractivity contribution >= 4 is 0 Å². The maximum atomic E-state index is 5.83. The Bertz CT molecular complexity index is 613. The quantitative estimate of drug-likeness (QED) is 0.876. The van der Waals surface area contributed by atoms with Gasteiger partial charge in [-0.15, -0.1) is 0 Å². The highest BCUT2D eigenvalue weighted by Gasteiger charge is 2.28. The molecule has 1 atom stereocenters. The molecule has 3 rings (SSSR count). The van der Waals surface area contributed by atoms with Crippen LogP contribution in [-0.4, -0.2) is 6.54 Å². The second kappa shape index (κ2) is 4.82. The van der Waals surface area contributed by atoms with Gasteiger partial charge in [-0.3, -0.25) is 0 Å². The van der Waals surface area contributed by atoms with Crippen LogP contribution in [0.3, 0.4) is 0 Å². The van der Waals surface area contributed by atoms with Crippen LogP contribution in [0.1, 0.15) is 41.5 Å². The molecule has 0 amide bonds. The van der Waals surface area contributed by atoms with E-state index in [0.29, 0.717) is 5.92 Å². The minimum Gasteiger partial charge on any atom is -0.330 e. The predicted molar refractivity (Wildman–Crippen MR) is 81.5 cm³/mol. The summed E-state index contributed by atoms with van der Waals surface area (Å²) in [4.78, 5) is 0. The van der Waals surface area contributed by atoms with E-state index in [2.05, 4.69) is 50.2 Å². The highest BCUT2D eigenvalue weighted by molar-refractivity contribution is 5.79. The monoisotopic (exact) mass is 251 g/mol.